The molecule has 1 amide bonds. The van der Waals surface area contributed by atoms with E-state index in [9.17, 15) is 4.79 Å². The van der Waals surface area contributed by atoms with Gasteiger partial charge >= 0.3 is 0 Å². The second-order valence-electron chi connectivity index (χ2n) is 3.99. The SMILES string of the molecule is Cc1[nH]c(C(=O)NC/C=C/c2cnc(N)[nH]2)cc1Br. The molecule has 5 N–H and O–H groups in total. The molecule has 0 aliphatic carbocycles. The summed E-state index contributed by atoms with van der Waals surface area (Å²) in [6, 6.07) is 1.75. The van der Waals surface area contributed by atoms with Crippen molar-refractivity contribution < 1.29 is 4.79 Å². The van der Waals surface area contributed by atoms with Gasteiger partial charge in [0.1, 0.15) is 5.69 Å². The summed E-state index contributed by atoms with van der Waals surface area (Å²) in [6.07, 6.45) is 5.24. The van der Waals surface area contributed by atoms with E-state index in [-0.39, 0.29) is 5.91 Å². The van der Waals surface area contributed by atoms with E-state index in [1.54, 1.807) is 18.3 Å². The molecule has 0 saturated carbocycles. The fraction of sp³-hybridized carbons (Fsp3) is 0.167. The lowest BCUT2D eigenvalue weighted by molar-refractivity contribution is 0.0953. The van der Waals surface area contributed by atoms with Crippen LogP contribution in [0, 0.1) is 6.92 Å². The molecule has 0 atom stereocenters. The molecule has 19 heavy (non-hydrogen) atoms. The number of nitrogen functional groups attached to an aromatic ring is 1. The Morgan fingerprint density at radius 1 is 1.58 bits per heavy atom. The summed E-state index contributed by atoms with van der Waals surface area (Å²) in [5, 5.41) is 2.77. The molecule has 0 fully saturated rings. The van der Waals surface area contributed by atoms with Crippen LogP contribution in [0.4, 0.5) is 5.95 Å². The van der Waals surface area contributed by atoms with Crippen LogP contribution in [0.5, 0.6) is 0 Å². The van der Waals surface area contributed by atoms with E-state index in [1.165, 1.54) is 0 Å². The van der Waals surface area contributed by atoms with Gasteiger partial charge in [-0.2, -0.15) is 0 Å². The highest BCUT2D eigenvalue weighted by Gasteiger charge is 2.08. The first-order chi connectivity index (χ1) is 9.06. The van der Waals surface area contributed by atoms with E-state index in [1.807, 2.05) is 13.0 Å². The van der Waals surface area contributed by atoms with Crippen LogP contribution in [0.1, 0.15) is 21.9 Å². The Bertz CT molecular complexity index is 594. The first kappa shape index (κ1) is 13.4. The maximum Gasteiger partial charge on any atom is 0.267 e. The van der Waals surface area contributed by atoms with Crippen LogP contribution in [0.25, 0.3) is 6.08 Å². The summed E-state index contributed by atoms with van der Waals surface area (Å²) in [5.74, 6) is 0.220. The van der Waals surface area contributed by atoms with Gasteiger partial charge in [0.25, 0.3) is 5.91 Å². The van der Waals surface area contributed by atoms with Crippen molar-refractivity contribution in [1.29, 1.82) is 0 Å². The number of H-pyrrole nitrogens is 2. The maximum absolute atomic E-state index is 11.8. The average molecular weight is 324 g/mol. The number of nitrogens with one attached hydrogen (secondary N) is 3. The second-order valence-corrected chi connectivity index (χ2v) is 4.85. The molecule has 0 saturated heterocycles. The van der Waals surface area contributed by atoms with Gasteiger partial charge < -0.3 is 21.0 Å². The molecule has 0 radical (unpaired) electrons. The van der Waals surface area contributed by atoms with Gasteiger partial charge in [-0.15, -0.1) is 0 Å². The largest absolute Gasteiger partial charge is 0.369 e. The van der Waals surface area contributed by atoms with Crippen LogP contribution in [-0.4, -0.2) is 27.4 Å². The zero-order valence-electron chi connectivity index (χ0n) is 10.3. The molecule has 100 valence electrons. The number of aromatic nitrogens is 3. The number of aryl methyl sites for hydroxylation is 1. The summed E-state index contributed by atoms with van der Waals surface area (Å²) in [5.41, 5.74) is 7.70. The topological polar surface area (TPSA) is 99.6 Å². The normalized spacial score (nSPS) is 11.1. The van der Waals surface area contributed by atoms with Gasteiger partial charge in [0.05, 0.1) is 11.9 Å². The molecule has 0 aliphatic heterocycles. The Morgan fingerprint density at radius 2 is 2.37 bits per heavy atom. The fourth-order valence-corrected chi connectivity index (χ4v) is 1.85. The van der Waals surface area contributed by atoms with Crippen LogP contribution in [0.15, 0.2) is 22.8 Å². The lowest BCUT2D eigenvalue weighted by Gasteiger charge is -1.98. The summed E-state index contributed by atoms with van der Waals surface area (Å²) in [7, 11) is 0. The minimum atomic E-state index is -0.150. The zero-order valence-corrected chi connectivity index (χ0v) is 11.9. The van der Waals surface area contributed by atoms with Crippen molar-refractivity contribution in [3.8, 4) is 0 Å². The van der Waals surface area contributed by atoms with Crippen molar-refractivity contribution in [3.05, 3.63) is 39.9 Å². The molecular formula is C12H14BrN5O. The first-order valence-electron chi connectivity index (χ1n) is 5.66. The van der Waals surface area contributed by atoms with Gasteiger partial charge in [-0.25, -0.2) is 4.98 Å². The van der Waals surface area contributed by atoms with E-state index in [0.717, 1.165) is 15.9 Å². The molecule has 2 aromatic heterocycles. The summed E-state index contributed by atoms with van der Waals surface area (Å²) < 4.78 is 0.890. The molecule has 7 heteroatoms. The number of hydrogen-bond acceptors (Lipinski definition) is 3. The molecule has 0 aliphatic rings. The number of amides is 1. The summed E-state index contributed by atoms with van der Waals surface area (Å²) >= 11 is 3.35. The van der Waals surface area contributed by atoms with Gasteiger partial charge in [0, 0.05) is 16.7 Å². The van der Waals surface area contributed by atoms with Crippen LogP contribution in [0.3, 0.4) is 0 Å². The van der Waals surface area contributed by atoms with Gasteiger partial charge in [-0.1, -0.05) is 6.08 Å². The van der Waals surface area contributed by atoms with Crippen molar-refractivity contribution in [1.82, 2.24) is 20.3 Å². The smallest absolute Gasteiger partial charge is 0.267 e. The van der Waals surface area contributed by atoms with Crippen molar-refractivity contribution in [2.75, 3.05) is 12.3 Å². The lowest BCUT2D eigenvalue weighted by Crippen LogP contribution is -2.23. The van der Waals surface area contributed by atoms with Crippen molar-refractivity contribution >= 4 is 33.9 Å². The standard InChI is InChI=1S/C12H14BrN5O/c1-7-9(13)5-10(17-7)11(19)15-4-2-3-8-6-16-12(14)18-8/h2-3,5-6,17H,4H2,1H3,(H,15,19)(H3,14,16,18)/b3-2+. The van der Waals surface area contributed by atoms with Crippen molar-refractivity contribution in [2.45, 2.75) is 6.92 Å². The van der Waals surface area contributed by atoms with E-state index in [2.05, 4.69) is 36.2 Å². The minimum Gasteiger partial charge on any atom is -0.369 e. The molecule has 2 aromatic rings. The van der Waals surface area contributed by atoms with Gasteiger partial charge in [0.15, 0.2) is 5.95 Å². The van der Waals surface area contributed by atoms with Crippen LogP contribution < -0.4 is 11.1 Å². The molecule has 0 aromatic carbocycles. The van der Waals surface area contributed by atoms with Crippen LogP contribution >= 0.6 is 15.9 Å². The molecular weight excluding hydrogens is 310 g/mol. The predicted molar refractivity (Wildman–Crippen MR) is 77.6 cm³/mol. The fourth-order valence-electron chi connectivity index (χ4n) is 1.52. The van der Waals surface area contributed by atoms with Crippen molar-refractivity contribution in [3.63, 3.8) is 0 Å². The zero-order chi connectivity index (χ0) is 13.8. The Balaban J connectivity index is 1.85. The molecule has 0 spiro atoms. The number of halogens is 1. The predicted octanol–water partition coefficient (Wildman–Crippen LogP) is 1.83. The third-order valence-corrected chi connectivity index (χ3v) is 3.31. The van der Waals surface area contributed by atoms with Crippen molar-refractivity contribution in [2.24, 2.45) is 0 Å². The van der Waals surface area contributed by atoms with Gasteiger partial charge in [0.2, 0.25) is 0 Å². The summed E-state index contributed by atoms with van der Waals surface area (Å²) in [4.78, 5) is 21.5. The first-order valence-corrected chi connectivity index (χ1v) is 6.46. The minimum absolute atomic E-state index is 0.150. The Kier molecular flexibility index (Phi) is 4.06. The molecule has 2 heterocycles. The third kappa shape index (κ3) is 3.47. The highest BCUT2D eigenvalue weighted by molar-refractivity contribution is 9.10. The average Bonchev–Trinajstić information content (AvgIpc) is 2.92. The number of carbonyl (C=O) groups excluding carboxylic acids is 1. The quantitative estimate of drug-likeness (QED) is 0.690. The molecule has 0 unspecified atom stereocenters. The summed E-state index contributed by atoms with van der Waals surface area (Å²) in [6.45, 7) is 2.32. The number of nitrogens with two attached hydrogens (primary N) is 1. The highest BCUT2D eigenvalue weighted by atomic mass is 79.9. The maximum atomic E-state index is 11.8. The number of hydrogen-bond donors (Lipinski definition) is 4. The number of nitrogens with zero attached hydrogens (tertiary/aromatic N) is 1. The molecule has 0 bridgehead atoms. The van der Waals surface area contributed by atoms with Gasteiger partial charge in [-0.3, -0.25) is 4.79 Å². The molecule has 6 nitrogen and oxygen atoms in total. The second kappa shape index (κ2) is 5.75. The van der Waals surface area contributed by atoms with Crippen LogP contribution in [-0.2, 0) is 0 Å². The lowest BCUT2D eigenvalue weighted by atomic mass is 10.3. The third-order valence-electron chi connectivity index (χ3n) is 2.49. The van der Waals surface area contributed by atoms with Crippen LogP contribution in [0.2, 0.25) is 0 Å². The number of anilines is 1. The van der Waals surface area contributed by atoms with E-state index in [0.29, 0.717) is 18.2 Å². The Morgan fingerprint density at radius 3 is 2.95 bits per heavy atom. The van der Waals surface area contributed by atoms with E-state index < -0.39 is 0 Å². The number of aromatic amines is 2. The number of imidazole rings is 1. The Labute approximate surface area is 118 Å². The van der Waals surface area contributed by atoms with E-state index >= 15 is 0 Å². The van der Waals surface area contributed by atoms with E-state index in [4.69, 9.17) is 5.73 Å². The van der Waals surface area contributed by atoms with Gasteiger partial charge in [-0.05, 0) is 35.0 Å². The highest BCUT2D eigenvalue weighted by Crippen LogP contribution is 2.16. The Hall–Kier alpha value is -2.02. The monoisotopic (exact) mass is 323 g/mol. The number of carbonyl (C=O) groups is 1. The number of rotatable bonds is 4. The molecule has 2 rings (SSSR count).